The van der Waals surface area contributed by atoms with E-state index in [4.69, 9.17) is 23.2 Å². The third-order valence-corrected chi connectivity index (χ3v) is 10.4. The van der Waals surface area contributed by atoms with Gasteiger partial charge in [-0.05, 0) is 80.0 Å². The molecule has 0 N–H and O–H groups in total. The predicted molar refractivity (Wildman–Crippen MR) is 189 cm³/mol. The summed E-state index contributed by atoms with van der Waals surface area (Å²) in [6.07, 6.45) is 0. The first-order valence-electron chi connectivity index (χ1n) is 15.3. The van der Waals surface area contributed by atoms with Crippen LogP contribution in [-0.2, 0) is 5.41 Å². The molecule has 6 aromatic carbocycles. The van der Waals surface area contributed by atoms with E-state index < -0.39 is 0 Å². The third kappa shape index (κ3) is 3.38. The predicted octanol–water partition coefficient (Wildman–Crippen LogP) is 11.0. The smallest absolute Gasteiger partial charge is 0.227 e. The highest BCUT2D eigenvalue weighted by Gasteiger charge is 2.41. The van der Waals surface area contributed by atoms with Crippen molar-refractivity contribution in [3.8, 4) is 50.5 Å². The van der Waals surface area contributed by atoms with Gasteiger partial charge in [0.25, 0.3) is 0 Å². The second-order valence-electron chi connectivity index (χ2n) is 12.8. The molecule has 0 spiro atoms. The molecular weight excluding hydrogens is 607 g/mol. The summed E-state index contributed by atoms with van der Waals surface area (Å²) < 4.78 is 2.54. The molecule has 1 aliphatic carbocycles. The van der Waals surface area contributed by atoms with Gasteiger partial charge in [0.05, 0.1) is 16.7 Å². The number of hydrogen-bond donors (Lipinski definition) is 0. The molecule has 46 heavy (non-hydrogen) atoms. The highest BCUT2D eigenvalue weighted by molar-refractivity contribution is 6.31. The average Bonchev–Trinajstić information content (AvgIpc) is 3.47. The van der Waals surface area contributed by atoms with Crippen molar-refractivity contribution < 1.29 is 0 Å². The molecule has 2 aromatic heterocycles. The summed E-state index contributed by atoms with van der Waals surface area (Å²) in [5.41, 5.74) is 14.8. The number of para-hydroxylation sites is 2. The van der Waals surface area contributed by atoms with Gasteiger partial charge in [0, 0.05) is 38.4 Å². The van der Waals surface area contributed by atoms with E-state index in [0.717, 1.165) is 21.9 Å². The van der Waals surface area contributed by atoms with Crippen LogP contribution in [0.15, 0.2) is 109 Å². The standard InChI is InChI=1S/C40H24Cl2N4/c1-40(2)30-11-6-9-27-28-10-5-8-25(22-15-13-21-14-16-23(20-24(21)19-22)37-43-38(41)45-39(42)44-37)35(28)46-32-12-4-3-7-26(32)29-17-18-31(40)34(33(27)30)36(29)46/h3-20H,1-2H3. The van der Waals surface area contributed by atoms with Crippen LogP contribution in [0.1, 0.15) is 25.0 Å². The van der Waals surface area contributed by atoms with Crippen molar-refractivity contribution in [3.63, 3.8) is 0 Å². The normalized spacial score (nSPS) is 13.8. The summed E-state index contributed by atoms with van der Waals surface area (Å²) in [4.78, 5) is 12.6. The number of nitrogens with zero attached hydrogens (tertiary/aromatic N) is 4. The fourth-order valence-electron chi connectivity index (χ4n) is 8.02. The van der Waals surface area contributed by atoms with E-state index in [0.29, 0.717) is 5.82 Å². The summed E-state index contributed by atoms with van der Waals surface area (Å²) in [5, 5.41) is 4.90. The minimum Gasteiger partial charge on any atom is -0.307 e. The summed E-state index contributed by atoms with van der Waals surface area (Å²) in [7, 11) is 0. The Morgan fingerprint density at radius 2 is 1.26 bits per heavy atom. The summed E-state index contributed by atoms with van der Waals surface area (Å²) >= 11 is 12.2. The van der Waals surface area contributed by atoms with Gasteiger partial charge in [-0.2, -0.15) is 15.0 Å². The number of benzene rings is 6. The van der Waals surface area contributed by atoms with Crippen LogP contribution < -0.4 is 0 Å². The highest BCUT2D eigenvalue weighted by Crippen LogP contribution is 2.58. The van der Waals surface area contributed by atoms with E-state index in [1.54, 1.807) is 0 Å². The van der Waals surface area contributed by atoms with E-state index >= 15 is 0 Å². The van der Waals surface area contributed by atoms with Crippen molar-refractivity contribution in [2.45, 2.75) is 19.3 Å². The maximum Gasteiger partial charge on any atom is 0.227 e. The number of hydrogen-bond acceptors (Lipinski definition) is 3. The molecule has 0 saturated carbocycles. The zero-order chi connectivity index (χ0) is 30.9. The fourth-order valence-corrected chi connectivity index (χ4v) is 8.38. The summed E-state index contributed by atoms with van der Waals surface area (Å²) in [5.74, 6) is 0.448. The molecule has 6 heteroatoms. The van der Waals surface area contributed by atoms with Crippen LogP contribution in [0.3, 0.4) is 0 Å². The van der Waals surface area contributed by atoms with Crippen molar-refractivity contribution in [2.24, 2.45) is 0 Å². The molecule has 2 aliphatic rings. The van der Waals surface area contributed by atoms with Crippen molar-refractivity contribution in [1.29, 1.82) is 0 Å². The van der Waals surface area contributed by atoms with Gasteiger partial charge in [0.1, 0.15) is 0 Å². The van der Waals surface area contributed by atoms with Gasteiger partial charge in [-0.15, -0.1) is 0 Å². The Kier molecular flexibility index (Phi) is 5.15. The quantitative estimate of drug-likeness (QED) is 0.191. The van der Waals surface area contributed by atoms with E-state index in [1.807, 2.05) is 6.07 Å². The molecule has 0 amide bonds. The third-order valence-electron chi connectivity index (χ3n) is 10.0. The van der Waals surface area contributed by atoms with E-state index in [1.165, 1.54) is 66.4 Å². The second kappa shape index (κ2) is 9.03. The van der Waals surface area contributed by atoms with E-state index in [-0.39, 0.29) is 16.0 Å². The molecule has 0 unspecified atom stereocenters. The lowest BCUT2D eigenvalue weighted by Gasteiger charge is -2.23. The van der Waals surface area contributed by atoms with Crippen LogP contribution in [-0.4, -0.2) is 19.5 Å². The van der Waals surface area contributed by atoms with Crippen LogP contribution in [0, 0.1) is 0 Å². The van der Waals surface area contributed by atoms with E-state index in [9.17, 15) is 0 Å². The van der Waals surface area contributed by atoms with Crippen molar-refractivity contribution in [1.82, 2.24) is 19.5 Å². The maximum absolute atomic E-state index is 6.12. The van der Waals surface area contributed by atoms with Gasteiger partial charge >= 0.3 is 0 Å². The van der Waals surface area contributed by atoms with Gasteiger partial charge in [0.2, 0.25) is 10.6 Å². The van der Waals surface area contributed by atoms with Crippen LogP contribution in [0.4, 0.5) is 0 Å². The van der Waals surface area contributed by atoms with Crippen LogP contribution >= 0.6 is 23.2 Å². The van der Waals surface area contributed by atoms with Crippen LogP contribution in [0.5, 0.6) is 0 Å². The van der Waals surface area contributed by atoms with Gasteiger partial charge in [-0.1, -0.05) is 105 Å². The minimum atomic E-state index is -0.0890. The number of rotatable bonds is 2. The van der Waals surface area contributed by atoms with Gasteiger partial charge in [-0.25, -0.2) is 0 Å². The lowest BCUT2D eigenvalue weighted by atomic mass is 9.81. The first kappa shape index (κ1) is 26.2. The van der Waals surface area contributed by atoms with Crippen LogP contribution in [0.25, 0.3) is 83.0 Å². The first-order chi connectivity index (χ1) is 22.4. The molecular formula is C40H24Cl2N4. The molecule has 0 bridgehead atoms. The SMILES string of the molecule is CC1(C)c2cccc3c2-c2c1ccc1c4ccccc4n(c21)-c1c(-c2ccc4ccc(-c5nc(Cl)nc(Cl)n5)cc4c2)cccc1-3. The van der Waals surface area contributed by atoms with E-state index in [2.05, 4.69) is 136 Å². The Balaban J connectivity index is 1.30. The van der Waals surface area contributed by atoms with Crippen LogP contribution in [0.2, 0.25) is 10.6 Å². The molecule has 4 nitrogen and oxygen atoms in total. The zero-order valence-electron chi connectivity index (χ0n) is 24.9. The molecule has 10 rings (SSSR count). The Labute approximate surface area is 274 Å². The monoisotopic (exact) mass is 630 g/mol. The molecule has 0 radical (unpaired) electrons. The number of aromatic nitrogens is 4. The Hall–Kier alpha value is -5.03. The number of fused-ring (bicyclic) bond motifs is 7. The van der Waals surface area contributed by atoms with Crippen molar-refractivity contribution in [2.75, 3.05) is 0 Å². The van der Waals surface area contributed by atoms with Crippen molar-refractivity contribution >= 4 is 55.8 Å². The first-order valence-corrected chi connectivity index (χ1v) is 16.1. The lowest BCUT2D eigenvalue weighted by molar-refractivity contribution is 0.661. The second-order valence-corrected chi connectivity index (χ2v) is 13.4. The van der Waals surface area contributed by atoms with Gasteiger partial charge in [-0.3, -0.25) is 0 Å². The Morgan fingerprint density at radius 3 is 2.11 bits per heavy atom. The van der Waals surface area contributed by atoms with Gasteiger partial charge < -0.3 is 4.57 Å². The minimum absolute atomic E-state index is 0.0736. The summed E-state index contributed by atoms with van der Waals surface area (Å²) in [6, 6.07) is 40.0. The molecule has 218 valence electrons. The number of halogens is 2. The molecule has 1 aliphatic heterocycles. The maximum atomic E-state index is 6.12. The molecule has 0 atom stereocenters. The molecule has 8 aromatic rings. The highest BCUT2D eigenvalue weighted by atomic mass is 35.5. The molecule has 0 saturated heterocycles. The fraction of sp³-hybridized carbons (Fsp3) is 0.0750. The summed E-state index contributed by atoms with van der Waals surface area (Å²) in [6.45, 7) is 4.73. The van der Waals surface area contributed by atoms with Gasteiger partial charge in [0.15, 0.2) is 5.82 Å². The topological polar surface area (TPSA) is 43.6 Å². The molecule has 3 heterocycles. The largest absolute Gasteiger partial charge is 0.307 e. The zero-order valence-corrected chi connectivity index (χ0v) is 26.4. The lowest BCUT2D eigenvalue weighted by Crippen LogP contribution is -2.15. The van der Waals surface area contributed by atoms with Crippen molar-refractivity contribution in [3.05, 3.63) is 131 Å². The Morgan fingerprint density at radius 1 is 0.565 bits per heavy atom. The Bertz CT molecular complexity index is 2630. The molecule has 0 fully saturated rings. The average molecular weight is 632 g/mol.